The van der Waals surface area contributed by atoms with E-state index in [1.807, 2.05) is 6.92 Å². The predicted molar refractivity (Wildman–Crippen MR) is 72.4 cm³/mol. The molecule has 0 saturated heterocycles. The summed E-state index contributed by atoms with van der Waals surface area (Å²) in [5.74, 6) is 0.800. The molecule has 1 N–H and O–H groups in total. The number of hydrogen-bond donors (Lipinski definition) is 1. The molecule has 0 aliphatic heterocycles. The number of esters is 1. The van der Waals surface area contributed by atoms with E-state index in [-0.39, 0.29) is 11.5 Å². The van der Waals surface area contributed by atoms with Gasteiger partial charge in [-0.1, -0.05) is 32.1 Å². The fourth-order valence-corrected chi connectivity index (χ4v) is 2.89. The molecule has 3 nitrogen and oxygen atoms in total. The molecule has 18 heavy (non-hydrogen) atoms. The Hall–Kier alpha value is -0.570. The van der Waals surface area contributed by atoms with E-state index >= 15 is 0 Å². The molecule has 0 aromatic carbocycles. The first-order valence-corrected chi connectivity index (χ1v) is 7.69. The Morgan fingerprint density at radius 2 is 1.78 bits per heavy atom. The van der Waals surface area contributed by atoms with E-state index in [0.29, 0.717) is 6.61 Å². The SMILES string of the molecule is CCOC(=O)C1(NCC2CC2)CCCCCCC1. The molecule has 2 aliphatic rings. The van der Waals surface area contributed by atoms with Gasteiger partial charge in [-0.15, -0.1) is 0 Å². The molecule has 104 valence electrons. The summed E-state index contributed by atoms with van der Waals surface area (Å²) < 4.78 is 5.33. The third kappa shape index (κ3) is 3.71. The standard InChI is InChI=1S/C15H27NO2/c1-2-18-14(17)15(16-12-13-8-9-13)10-6-4-3-5-7-11-15/h13,16H,2-12H2,1H3. The van der Waals surface area contributed by atoms with Crippen molar-refractivity contribution in [3.63, 3.8) is 0 Å². The monoisotopic (exact) mass is 253 g/mol. The van der Waals surface area contributed by atoms with Crippen molar-refractivity contribution < 1.29 is 9.53 Å². The third-order valence-electron chi connectivity index (χ3n) is 4.30. The van der Waals surface area contributed by atoms with E-state index in [0.717, 1.165) is 38.1 Å². The number of nitrogens with one attached hydrogen (secondary N) is 1. The smallest absolute Gasteiger partial charge is 0.326 e. The zero-order valence-corrected chi connectivity index (χ0v) is 11.7. The molecule has 0 amide bonds. The van der Waals surface area contributed by atoms with Crippen LogP contribution in [0, 0.1) is 5.92 Å². The lowest BCUT2D eigenvalue weighted by Gasteiger charge is -2.34. The molecular formula is C15H27NO2. The summed E-state index contributed by atoms with van der Waals surface area (Å²) in [6, 6.07) is 0. The van der Waals surface area contributed by atoms with Gasteiger partial charge >= 0.3 is 5.97 Å². The highest BCUT2D eigenvalue weighted by Crippen LogP contribution is 2.32. The van der Waals surface area contributed by atoms with Crippen molar-refractivity contribution >= 4 is 5.97 Å². The number of carbonyl (C=O) groups excluding carboxylic acids is 1. The van der Waals surface area contributed by atoms with E-state index in [2.05, 4.69) is 5.32 Å². The molecular weight excluding hydrogens is 226 g/mol. The maximum atomic E-state index is 12.3. The molecule has 0 heterocycles. The molecule has 0 radical (unpaired) electrons. The van der Waals surface area contributed by atoms with Crippen molar-refractivity contribution in [2.75, 3.05) is 13.2 Å². The van der Waals surface area contributed by atoms with E-state index in [1.165, 1.54) is 32.1 Å². The summed E-state index contributed by atoms with van der Waals surface area (Å²) in [6.45, 7) is 3.39. The number of rotatable bonds is 5. The van der Waals surface area contributed by atoms with Gasteiger partial charge in [-0.2, -0.15) is 0 Å². The average Bonchev–Trinajstić information content (AvgIpc) is 3.12. The quantitative estimate of drug-likeness (QED) is 0.765. The second kappa shape index (κ2) is 6.55. The van der Waals surface area contributed by atoms with Gasteiger partial charge in [-0.25, -0.2) is 0 Å². The van der Waals surface area contributed by atoms with Crippen LogP contribution in [0.1, 0.15) is 64.7 Å². The van der Waals surface area contributed by atoms with E-state index in [9.17, 15) is 4.79 Å². The van der Waals surface area contributed by atoms with Crippen molar-refractivity contribution in [2.45, 2.75) is 70.3 Å². The molecule has 0 spiro atoms. The first kappa shape index (κ1) is 13.9. The molecule has 2 rings (SSSR count). The van der Waals surface area contributed by atoms with Crippen molar-refractivity contribution in [3.05, 3.63) is 0 Å². The van der Waals surface area contributed by atoms with Crippen LogP contribution in [0.2, 0.25) is 0 Å². The molecule has 2 fully saturated rings. The molecule has 0 bridgehead atoms. The molecule has 2 aliphatic carbocycles. The van der Waals surface area contributed by atoms with Crippen LogP contribution < -0.4 is 5.32 Å². The maximum absolute atomic E-state index is 12.3. The number of hydrogen-bond acceptors (Lipinski definition) is 3. The third-order valence-corrected chi connectivity index (χ3v) is 4.30. The Balaban J connectivity index is 1.99. The molecule has 0 unspecified atom stereocenters. The minimum Gasteiger partial charge on any atom is -0.465 e. The van der Waals surface area contributed by atoms with Gasteiger partial charge in [0.05, 0.1) is 6.61 Å². The van der Waals surface area contributed by atoms with Crippen LogP contribution in [0.3, 0.4) is 0 Å². The summed E-state index contributed by atoms with van der Waals surface area (Å²) in [5.41, 5.74) is -0.376. The van der Waals surface area contributed by atoms with Gasteiger partial charge in [0.2, 0.25) is 0 Å². The van der Waals surface area contributed by atoms with E-state index < -0.39 is 0 Å². The topological polar surface area (TPSA) is 38.3 Å². The van der Waals surface area contributed by atoms with Crippen LogP contribution in [-0.4, -0.2) is 24.7 Å². The Bertz CT molecular complexity index is 266. The molecule has 0 aromatic rings. The Labute approximate surface area is 111 Å². The summed E-state index contributed by atoms with van der Waals surface area (Å²) in [5, 5.41) is 3.57. The second-order valence-electron chi connectivity index (χ2n) is 5.89. The van der Waals surface area contributed by atoms with Crippen LogP contribution in [0.5, 0.6) is 0 Å². The van der Waals surface area contributed by atoms with Crippen LogP contribution in [-0.2, 0) is 9.53 Å². The van der Waals surface area contributed by atoms with Crippen molar-refractivity contribution in [1.29, 1.82) is 0 Å². The fraction of sp³-hybridized carbons (Fsp3) is 0.933. The molecule has 0 aromatic heterocycles. The summed E-state index contributed by atoms with van der Waals surface area (Å²) in [7, 11) is 0. The normalized spacial score (nSPS) is 24.1. The van der Waals surface area contributed by atoms with Gasteiger partial charge in [0.15, 0.2) is 0 Å². The lowest BCUT2D eigenvalue weighted by Crippen LogP contribution is -2.54. The van der Waals surface area contributed by atoms with Crippen LogP contribution >= 0.6 is 0 Å². The summed E-state index contributed by atoms with van der Waals surface area (Å²) >= 11 is 0. The highest BCUT2D eigenvalue weighted by Gasteiger charge is 2.40. The van der Waals surface area contributed by atoms with Crippen molar-refractivity contribution in [3.8, 4) is 0 Å². The first-order chi connectivity index (χ1) is 8.77. The second-order valence-corrected chi connectivity index (χ2v) is 5.89. The highest BCUT2D eigenvalue weighted by molar-refractivity contribution is 5.80. The van der Waals surface area contributed by atoms with Gasteiger partial charge in [0, 0.05) is 0 Å². The molecule has 0 atom stereocenters. The largest absolute Gasteiger partial charge is 0.465 e. The summed E-state index contributed by atoms with van der Waals surface area (Å²) in [6.07, 6.45) is 10.7. The van der Waals surface area contributed by atoms with Gasteiger partial charge in [0.1, 0.15) is 5.54 Å². The zero-order chi connectivity index (χ0) is 12.8. The van der Waals surface area contributed by atoms with E-state index in [1.54, 1.807) is 0 Å². The Morgan fingerprint density at radius 3 is 2.33 bits per heavy atom. The first-order valence-electron chi connectivity index (χ1n) is 7.69. The number of ether oxygens (including phenoxy) is 1. The lowest BCUT2D eigenvalue weighted by molar-refractivity contribution is -0.152. The van der Waals surface area contributed by atoms with Crippen LogP contribution in [0.15, 0.2) is 0 Å². The minimum absolute atomic E-state index is 0.00690. The summed E-state index contributed by atoms with van der Waals surface area (Å²) in [4.78, 5) is 12.3. The average molecular weight is 253 g/mol. The Kier molecular flexibility index (Phi) is 5.04. The highest BCUT2D eigenvalue weighted by atomic mass is 16.5. The van der Waals surface area contributed by atoms with Crippen LogP contribution in [0.4, 0.5) is 0 Å². The fourth-order valence-electron chi connectivity index (χ4n) is 2.89. The Morgan fingerprint density at radius 1 is 1.17 bits per heavy atom. The van der Waals surface area contributed by atoms with Gasteiger partial charge < -0.3 is 10.1 Å². The van der Waals surface area contributed by atoms with Crippen LogP contribution in [0.25, 0.3) is 0 Å². The van der Waals surface area contributed by atoms with Crippen molar-refractivity contribution in [1.82, 2.24) is 5.32 Å². The minimum atomic E-state index is -0.376. The van der Waals surface area contributed by atoms with Gasteiger partial charge in [-0.3, -0.25) is 4.79 Å². The van der Waals surface area contributed by atoms with Crippen molar-refractivity contribution in [2.24, 2.45) is 5.92 Å². The lowest BCUT2D eigenvalue weighted by atomic mass is 9.83. The van der Waals surface area contributed by atoms with Gasteiger partial charge in [-0.05, 0) is 45.1 Å². The maximum Gasteiger partial charge on any atom is 0.326 e. The predicted octanol–water partition coefficient (Wildman–Crippen LogP) is 3.03. The number of carbonyl (C=O) groups is 1. The zero-order valence-electron chi connectivity index (χ0n) is 11.7. The molecule has 3 heteroatoms. The molecule has 2 saturated carbocycles. The van der Waals surface area contributed by atoms with Gasteiger partial charge in [0.25, 0.3) is 0 Å². The van der Waals surface area contributed by atoms with E-state index in [4.69, 9.17) is 4.74 Å².